The fourth-order valence-corrected chi connectivity index (χ4v) is 2.00. The highest BCUT2D eigenvalue weighted by Crippen LogP contribution is 2.41. The molecule has 114 valence electrons. The van der Waals surface area contributed by atoms with Crippen LogP contribution < -0.4 is 4.74 Å². The van der Waals surface area contributed by atoms with Gasteiger partial charge >= 0.3 is 10.7 Å². The van der Waals surface area contributed by atoms with Crippen LogP contribution in [0.25, 0.3) is 0 Å². The molecule has 0 amide bonds. The average molecular weight is 358 g/mol. The predicted molar refractivity (Wildman–Crippen MR) is 76.8 cm³/mol. The fraction of sp³-hybridized carbons (Fsp3) is 0.364. The number of nitrogens with zero attached hydrogens (tertiary/aromatic N) is 3. The van der Waals surface area contributed by atoms with Gasteiger partial charge in [-0.25, -0.2) is 0 Å². The molecule has 0 fully saturated rings. The molecule has 2 rings (SSSR count). The minimum atomic E-state index is -4.38. The van der Waals surface area contributed by atoms with Gasteiger partial charge in [0.15, 0.2) is 0 Å². The van der Waals surface area contributed by atoms with E-state index in [1.165, 1.54) is 36.0 Å². The fourth-order valence-electron chi connectivity index (χ4n) is 1.27. The molecule has 0 aromatic heterocycles. The molecule has 1 aromatic rings. The highest BCUT2D eigenvalue weighted by molar-refractivity contribution is 8.14. The number of aliphatic imine (C=N–C) groups is 1. The number of amidine groups is 1. The molecular weight excluding hydrogens is 350 g/mol. The molecule has 1 aliphatic heterocycles. The molecule has 1 aliphatic rings. The summed E-state index contributed by atoms with van der Waals surface area (Å²) in [6, 6.07) is 5.09. The molecule has 4 nitrogen and oxygen atoms in total. The maximum absolute atomic E-state index is 13.1. The van der Waals surface area contributed by atoms with Crippen LogP contribution in [0.15, 0.2) is 39.5 Å². The predicted octanol–water partition coefficient (Wildman–Crippen LogP) is 4.95. The highest BCUT2D eigenvalue weighted by Gasteiger charge is 2.56. The number of halogens is 5. The molecule has 1 aromatic carbocycles. The van der Waals surface area contributed by atoms with Gasteiger partial charge in [0.25, 0.3) is 0 Å². The van der Waals surface area contributed by atoms with Crippen molar-refractivity contribution < 1.29 is 17.9 Å². The minimum absolute atomic E-state index is 0.310. The first kappa shape index (κ1) is 16.4. The number of alkyl halides is 5. The van der Waals surface area contributed by atoms with Crippen molar-refractivity contribution in [3.8, 4) is 5.75 Å². The molecule has 0 radical (unpaired) electrons. The van der Waals surface area contributed by atoms with Crippen molar-refractivity contribution in [3.05, 3.63) is 24.3 Å². The van der Waals surface area contributed by atoms with Crippen LogP contribution in [0.4, 0.5) is 18.9 Å². The van der Waals surface area contributed by atoms with E-state index in [2.05, 4.69) is 20.0 Å². The lowest BCUT2D eigenvalue weighted by molar-refractivity contribution is -0.211. The van der Waals surface area contributed by atoms with Crippen LogP contribution in [-0.4, -0.2) is 28.2 Å². The van der Waals surface area contributed by atoms with Crippen LogP contribution in [0.5, 0.6) is 5.75 Å². The normalized spacial score (nSPS) is 16.3. The summed E-state index contributed by atoms with van der Waals surface area (Å²) in [6.45, 7) is 0.697. The van der Waals surface area contributed by atoms with Gasteiger partial charge in [-0.1, -0.05) is 35.0 Å². The van der Waals surface area contributed by atoms with Crippen molar-refractivity contribution >= 4 is 45.8 Å². The summed E-state index contributed by atoms with van der Waals surface area (Å²) in [5, 5.41) is 8.33. The van der Waals surface area contributed by atoms with E-state index >= 15 is 0 Å². The molecule has 0 aliphatic carbocycles. The van der Waals surface area contributed by atoms with E-state index in [4.69, 9.17) is 23.2 Å². The molecule has 0 saturated heterocycles. The third-order valence-electron chi connectivity index (χ3n) is 2.23. The first-order chi connectivity index (χ1) is 9.78. The van der Waals surface area contributed by atoms with E-state index in [0.29, 0.717) is 17.4 Å². The molecule has 21 heavy (non-hydrogen) atoms. The lowest BCUT2D eigenvalue weighted by Gasteiger charge is -2.22. The Labute approximate surface area is 132 Å². The number of thioether (sulfide) groups is 1. The van der Waals surface area contributed by atoms with Gasteiger partial charge < -0.3 is 4.74 Å². The second-order valence-corrected chi connectivity index (χ2v) is 6.12. The maximum Gasteiger partial charge on any atom is 0.463 e. The molecule has 0 N–H and O–H groups in total. The first-order valence-electron chi connectivity index (χ1n) is 5.60. The second-order valence-electron chi connectivity index (χ2n) is 3.82. The number of rotatable bonds is 4. The van der Waals surface area contributed by atoms with E-state index in [1.807, 2.05) is 0 Å². The Balaban J connectivity index is 2.02. The van der Waals surface area contributed by atoms with E-state index in [-0.39, 0.29) is 5.75 Å². The van der Waals surface area contributed by atoms with Crippen molar-refractivity contribution in [1.29, 1.82) is 0 Å². The number of benzene rings is 1. The van der Waals surface area contributed by atoms with Gasteiger partial charge in [-0.15, -0.1) is 10.2 Å². The summed E-state index contributed by atoms with van der Waals surface area (Å²) in [5.74, 6) is 0.549. The lowest BCUT2D eigenvalue weighted by Crippen LogP contribution is -2.40. The van der Waals surface area contributed by atoms with E-state index in [0.717, 1.165) is 5.75 Å². The molecule has 0 bridgehead atoms. The highest BCUT2D eigenvalue weighted by atomic mass is 35.5. The zero-order chi connectivity index (χ0) is 15.5. The molecule has 1 heterocycles. The summed E-state index contributed by atoms with van der Waals surface area (Å²) in [4.78, 5) is 4.07. The van der Waals surface area contributed by atoms with Gasteiger partial charge in [-0.3, -0.25) is 4.99 Å². The summed E-state index contributed by atoms with van der Waals surface area (Å²) < 4.78 is 39.4. The van der Waals surface area contributed by atoms with Gasteiger partial charge in [-0.05, 0) is 24.3 Å². The Kier molecular flexibility index (Phi) is 5.00. The third-order valence-corrected chi connectivity index (χ3v) is 3.53. The van der Waals surface area contributed by atoms with Crippen molar-refractivity contribution in [1.82, 2.24) is 0 Å². The van der Waals surface area contributed by atoms with Gasteiger partial charge in [0, 0.05) is 5.75 Å². The molecule has 0 unspecified atom stereocenters. The largest absolute Gasteiger partial charge is 0.463 e. The Morgan fingerprint density at radius 1 is 1.14 bits per heavy atom. The van der Waals surface area contributed by atoms with Crippen molar-refractivity contribution in [2.45, 2.75) is 10.7 Å². The van der Waals surface area contributed by atoms with Gasteiger partial charge in [-0.2, -0.15) is 13.2 Å². The SMILES string of the molecule is FC(Cl)(Cl)C(F)(F)Oc1ccc(N=NC2=NCCS2)cc1. The molecule has 10 heteroatoms. The molecular formula is C11H8Cl2F3N3OS. The van der Waals surface area contributed by atoms with Crippen LogP contribution in [0.1, 0.15) is 0 Å². The molecule has 0 saturated carbocycles. The van der Waals surface area contributed by atoms with Crippen LogP contribution >= 0.6 is 35.0 Å². The number of ether oxygens (including phenoxy) is 1. The van der Waals surface area contributed by atoms with E-state index in [1.54, 1.807) is 0 Å². The lowest BCUT2D eigenvalue weighted by atomic mass is 10.3. The summed E-state index contributed by atoms with van der Waals surface area (Å²) in [6.07, 6.45) is -4.38. The number of hydrogen-bond donors (Lipinski definition) is 0. The van der Waals surface area contributed by atoms with E-state index < -0.39 is 10.7 Å². The summed E-state index contributed by atoms with van der Waals surface area (Å²) in [5.41, 5.74) is 0.407. The summed E-state index contributed by atoms with van der Waals surface area (Å²) >= 11 is 10.9. The summed E-state index contributed by atoms with van der Waals surface area (Å²) in [7, 11) is 0. The molecule has 0 atom stereocenters. The Morgan fingerprint density at radius 2 is 1.81 bits per heavy atom. The van der Waals surface area contributed by atoms with Crippen molar-refractivity contribution in [2.75, 3.05) is 12.3 Å². The Bertz CT molecular complexity index is 561. The minimum Gasteiger partial charge on any atom is -0.428 e. The van der Waals surface area contributed by atoms with Crippen LogP contribution in [-0.2, 0) is 0 Å². The average Bonchev–Trinajstić information content (AvgIpc) is 2.89. The zero-order valence-corrected chi connectivity index (χ0v) is 12.6. The van der Waals surface area contributed by atoms with Crippen LogP contribution in [0, 0.1) is 0 Å². The smallest absolute Gasteiger partial charge is 0.428 e. The van der Waals surface area contributed by atoms with Gasteiger partial charge in [0.2, 0.25) is 5.17 Å². The zero-order valence-electron chi connectivity index (χ0n) is 10.3. The monoisotopic (exact) mass is 357 g/mol. The number of hydrogen-bond acceptors (Lipinski definition) is 5. The second kappa shape index (κ2) is 6.41. The first-order valence-corrected chi connectivity index (χ1v) is 7.35. The quantitative estimate of drug-likeness (QED) is 0.565. The van der Waals surface area contributed by atoms with Gasteiger partial charge in [0.1, 0.15) is 5.75 Å². The number of azo groups is 1. The standard InChI is InChI=1S/C11H8Cl2F3N3OS/c12-10(13,14)11(15,16)20-8-3-1-7(2-4-8)18-19-9-17-5-6-21-9/h1-4H,5-6H2. The Hall–Kier alpha value is -0.990. The van der Waals surface area contributed by atoms with Crippen LogP contribution in [0.3, 0.4) is 0 Å². The maximum atomic E-state index is 13.1. The van der Waals surface area contributed by atoms with Crippen LogP contribution in [0.2, 0.25) is 0 Å². The van der Waals surface area contributed by atoms with Crippen molar-refractivity contribution in [2.24, 2.45) is 15.2 Å². The van der Waals surface area contributed by atoms with E-state index in [9.17, 15) is 13.2 Å². The van der Waals surface area contributed by atoms with Crippen molar-refractivity contribution in [3.63, 3.8) is 0 Å². The molecule has 0 spiro atoms. The Morgan fingerprint density at radius 3 is 2.33 bits per heavy atom. The topological polar surface area (TPSA) is 46.3 Å². The van der Waals surface area contributed by atoms with Gasteiger partial charge in [0.05, 0.1) is 12.2 Å². The third kappa shape index (κ3) is 4.49.